The Morgan fingerprint density at radius 2 is 2.20 bits per heavy atom. The minimum atomic E-state index is -0.958. The summed E-state index contributed by atoms with van der Waals surface area (Å²) in [6.07, 6.45) is -0.958. The smallest absolute Gasteiger partial charge is 0.126 e. The molecular formula is C6H14ClFN2. The van der Waals surface area contributed by atoms with Gasteiger partial charge in [-0.3, -0.25) is 0 Å². The molecule has 10 heavy (non-hydrogen) atoms. The molecule has 0 aromatic rings. The SMILES string of the molecule is C[C@@H](N)CNCC(F)CCl. The molecule has 0 spiro atoms. The van der Waals surface area contributed by atoms with Crippen molar-refractivity contribution in [3.05, 3.63) is 0 Å². The minimum absolute atomic E-state index is 0.0476. The second kappa shape index (κ2) is 5.89. The number of alkyl halides is 2. The zero-order valence-electron chi connectivity index (χ0n) is 6.11. The highest BCUT2D eigenvalue weighted by Gasteiger charge is 2.02. The molecule has 0 aliphatic heterocycles. The van der Waals surface area contributed by atoms with Crippen LogP contribution < -0.4 is 11.1 Å². The van der Waals surface area contributed by atoms with Gasteiger partial charge in [-0.15, -0.1) is 11.6 Å². The lowest BCUT2D eigenvalue weighted by atomic mass is 10.3. The van der Waals surface area contributed by atoms with Crippen LogP contribution in [0, 0.1) is 0 Å². The molecule has 0 aliphatic rings. The van der Waals surface area contributed by atoms with Crippen molar-refractivity contribution in [3.8, 4) is 0 Å². The molecule has 2 atom stereocenters. The van der Waals surface area contributed by atoms with Crippen LogP contribution in [0.15, 0.2) is 0 Å². The fraction of sp³-hybridized carbons (Fsp3) is 1.00. The maximum atomic E-state index is 12.3. The Bertz CT molecular complexity index is 80.1. The summed E-state index contributed by atoms with van der Waals surface area (Å²) in [6.45, 7) is 2.79. The van der Waals surface area contributed by atoms with E-state index in [2.05, 4.69) is 5.32 Å². The predicted molar refractivity (Wildman–Crippen MR) is 42.1 cm³/mol. The summed E-state index contributed by atoms with van der Waals surface area (Å²) in [5.74, 6) is 0.0476. The van der Waals surface area contributed by atoms with Crippen LogP contribution in [0.25, 0.3) is 0 Å². The molecule has 0 aromatic heterocycles. The third-order valence-corrected chi connectivity index (χ3v) is 1.33. The molecule has 0 saturated carbocycles. The van der Waals surface area contributed by atoms with Crippen LogP contribution in [-0.4, -0.2) is 31.2 Å². The van der Waals surface area contributed by atoms with E-state index in [1.807, 2.05) is 6.92 Å². The van der Waals surface area contributed by atoms with Crippen LogP contribution in [0.3, 0.4) is 0 Å². The average molecular weight is 169 g/mol. The summed E-state index contributed by atoms with van der Waals surface area (Å²) < 4.78 is 12.3. The second-order valence-electron chi connectivity index (χ2n) is 2.39. The van der Waals surface area contributed by atoms with Crippen molar-refractivity contribution in [1.29, 1.82) is 0 Å². The van der Waals surface area contributed by atoms with E-state index in [-0.39, 0.29) is 11.9 Å². The van der Waals surface area contributed by atoms with Gasteiger partial charge >= 0.3 is 0 Å². The van der Waals surface area contributed by atoms with Crippen molar-refractivity contribution in [2.75, 3.05) is 19.0 Å². The van der Waals surface area contributed by atoms with Crippen molar-refractivity contribution in [1.82, 2.24) is 5.32 Å². The van der Waals surface area contributed by atoms with Crippen molar-refractivity contribution >= 4 is 11.6 Å². The number of hydrogen-bond acceptors (Lipinski definition) is 2. The lowest BCUT2D eigenvalue weighted by Crippen LogP contribution is -2.35. The minimum Gasteiger partial charge on any atom is -0.327 e. The van der Waals surface area contributed by atoms with E-state index in [1.165, 1.54) is 0 Å². The Morgan fingerprint density at radius 3 is 2.60 bits per heavy atom. The van der Waals surface area contributed by atoms with Crippen LogP contribution in [-0.2, 0) is 0 Å². The topological polar surface area (TPSA) is 38.0 Å². The molecule has 0 bridgehead atoms. The molecule has 2 nitrogen and oxygen atoms in total. The lowest BCUT2D eigenvalue weighted by Gasteiger charge is -2.08. The number of nitrogens with two attached hydrogens (primary N) is 1. The third kappa shape index (κ3) is 6.26. The van der Waals surface area contributed by atoms with E-state index in [4.69, 9.17) is 17.3 Å². The van der Waals surface area contributed by atoms with Gasteiger partial charge in [0, 0.05) is 19.1 Å². The second-order valence-corrected chi connectivity index (χ2v) is 2.70. The van der Waals surface area contributed by atoms with Gasteiger partial charge < -0.3 is 11.1 Å². The van der Waals surface area contributed by atoms with Crippen LogP contribution in [0.5, 0.6) is 0 Å². The highest BCUT2D eigenvalue weighted by molar-refractivity contribution is 6.18. The van der Waals surface area contributed by atoms with Gasteiger partial charge in [0.05, 0.1) is 5.88 Å². The summed E-state index contributed by atoms with van der Waals surface area (Å²) in [7, 11) is 0. The first-order valence-electron chi connectivity index (χ1n) is 3.33. The maximum Gasteiger partial charge on any atom is 0.126 e. The molecule has 0 rings (SSSR count). The lowest BCUT2D eigenvalue weighted by molar-refractivity contribution is 0.346. The molecule has 4 heteroatoms. The Kier molecular flexibility index (Phi) is 5.97. The predicted octanol–water partition coefficient (Wildman–Crippen LogP) is 0.500. The van der Waals surface area contributed by atoms with Crippen molar-refractivity contribution in [3.63, 3.8) is 0 Å². The largest absolute Gasteiger partial charge is 0.327 e. The van der Waals surface area contributed by atoms with Crippen LogP contribution in [0.2, 0.25) is 0 Å². The van der Waals surface area contributed by atoms with Gasteiger partial charge in [0.2, 0.25) is 0 Å². The molecule has 0 fully saturated rings. The Hall–Kier alpha value is 0.140. The van der Waals surface area contributed by atoms with Gasteiger partial charge in [-0.25, -0.2) is 4.39 Å². The van der Waals surface area contributed by atoms with Crippen molar-refractivity contribution in [2.45, 2.75) is 19.1 Å². The first-order chi connectivity index (χ1) is 4.66. The van der Waals surface area contributed by atoms with Gasteiger partial charge in [0.1, 0.15) is 6.17 Å². The van der Waals surface area contributed by atoms with Crippen molar-refractivity contribution in [2.24, 2.45) is 5.73 Å². The van der Waals surface area contributed by atoms with Crippen LogP contribution in [0.4, 0.5) is 4.39 Å². The molecule has 0 amide bonds. The normalized spacial score (nSPS) is 16.8. The fourth-order valence-electron chi connectivity index (χ4n) is 0.522. The monoisotopic (exact) mass is 168 g/mol. The van der Waals surface area contributed by atoms with E-state index in [0.717, 1.165) is 0 Å². The maximum absolute atomic E-state index is 12.3. The highest BCUT2D eigenvalue weighted by Crippen LogP contribution is 1.90. The number of halogens is 2. The van der Waals surface area contributed by atoms with Gasteiger partial charge in [-0.05, 0) is 6.92 Å². The van der Waals surface area contributed by atoms with Crippen LogP contribution >= 0.6 is 11.6 Å². The van der Waals surface area contributed by atoms with E-state index in [1.54, 1.807) is 0 Å². The Labute approximate surface area is 65.9 Å². The van der Waals surface area contributed by atoms with Gasteiger partial charge in [-0.1, -0.05) is 0 Å². The molecule has 62 valence electrons. The molecular weight excluding hydrogens is 155 g/mol. The Morgan fingerprint density at radius 1 is 1.60 bits per heavy atom. The molecule has 0 saturated heterocycles. The summed E-state index contributed by atoms with van der Waals surface area (Å²) in [5.41, 5.74) is 5.40. The molecule has 3 N–H and O–H groups in total. The summed E-state index contributed by atoms with van der Waals surface area (Å²) in [4.78, 5) is 0. The zero-order chi connectivity index (χ0) is 7.98. The van der Waals surface area contributed by atoms with E-state index >= 15 is 0 Å². The van der Waals surface area contributed by atoms with Crippen molar-refractivity contribution < 1.29 is 4.39 Å². The number of hydrogen-bond donors (Lipinski definition) is 2. The molecule has 1 unspecified atom stereocenters. The summed E-state index contributed by atoms with van der Waals surface area (Å²) in [6, 6.07) is 0.0718. The van der Waals surface area contributed by atoms with Crippen LogP contribution in [0.1, 0.15) is 6.92 Å². The van der Waals surface area contributed by atoms with Gasteiger partial charge in [-0.2, -0.15) is 0 Å². The van der Waals surface area contributed by atoms with E-state index in [0.29, 0.717) is 13.1 Å². The first-order valence-corrected chi connectivity index (χ1v) is 3.86. The summed E-state index contributed by atoms with van der Waals surface area (Å²) >= 11 is 5.22. The summed E-state index contributed by atoms with van der Waals surface area (Å²) in [5, 5.41) is 2.85. The zero-order valence-corrected chi connectivity index (χ0v) is 6.87. The highest BCUT2D eigenvalue weighted by atomic mass is 35.5. The fourth-order valence-corrected chi connectivity index (χ4v) is 0.631. The van der Waals surface area contributed by atoms with E-state index in [9.17, 15) is 4.39 Å². The third-order valence-electron chi connectivity index (χ3n) is 1.000. The Balaban J connectivity index is 3.03. The number of nitrogens with one attached hydrogen (secondary N) is 1. The van der Waals surface area contributed by atoms with Gasteiger partial charge in [0.25, 0.3) is 0 Å². The molecule has 0 radical (unpaired) electrons. The van der Waals surface area contributed by atoms with E-state index < -0.39 is 6.17 Å². The molecule has 0 heterocycles. The van der Waals surface area contributed by atoms with Gasteiger partial charge in [0.15, 0.2) is 0 Å². The number of rotatable bonds is 5. The quantitative estimate of drug-likeness (QED) is 0.587. The molecule has 0 aliphatic carbocycles. The standard InChI is InChI=1S/C6H14ClFN2/c1-5(9)3-10-4-6(8)2-7/h5-6,10H,2-4,9H2,1H3/t5-,6?/m1/s1. The first kappa shape index (κ1) is 10.1. The average Bonchev–Trinajstić information content (AvgIpc) is 1.87. The molecule has 0 aromatic carbocycles.